The van der Waals surface area contributed by atoms with Crippen LogP contribution in [0.4, 0.5) is 11.4 Å². The molecule has 5 heteroatoms. The summed E-state index contributed by atoms with van der Waals surface area (Å²) >= 11 is 8.06. The Hall–Kier alpha value is -1.27. The van der Waals surface area contributed by atoms with E-state index in [-0.39, 0.29) is 5.91 Å². The smallest absolute Gasteiger partial charge is 0.259 e. The van der Waals surface area contributed by atoms with Crippen LogP contribution in [0.25, 0.3) is 0 Å². The van der Waals surface area contributed by atoms with Crippen LogP contribution in [0.2, 0.25) is 5.02 Å². The molecule has 98 valence electrons. The summed E-state index contributed by atoms with van der Waals surface area (Å²) in [7, 11) is 1.70. The zero-order chi connectivity index (χ0) is 14.0. The summed E-state index contributed by atoms with van der Waals surface area (Å²) in [6.07, 6.45) is 0. The fourth-order valence-corrected chi connectivity index (χ4v) is 2.48. The third-order valence-electron chi connectivity index (χ3n) is 2.76. The highest BCUT2D eigenvalue weighted by atomic mass is 127. The molecule has 0 saturated heterocycles. The number of carbonyl (C=O) groups excluding carboxylic acids is 1. The average molecular weight is 387 g/mol. The molecule has 0 fully saturated rings. The van der Waals surface area contributed by atoms with Crippen molar-refractivity contribution in [1.82, 2.24) is 0 Å². The van der Waals surface area contributed by atoms with E-state index >= 15 is 0 Å². The lowest BCUT2D eigenvalue weighted by Crippen LogP contribution is -2.27. The molecule has 0 atom stereocenters. The number of rotatable bonds is 2. The number of halogens is 2. The van der Waals surface area contributed by atoms with Crippen LogP contribution in [0.15, 0.2) is 42.5 Å². The van der Waals surface area contributed by atoms with Crippen molar-refractivity contribution < 1.29 is 4.79 Å². The van der Waals surface area contributed by atoms with E-state index in [1.54, 1.807) is 25.2 Å². The monoisotopic (exact) mass is 386 g/mol. The SMILES string of the molecule is CN(C(=O)c1cc(Cl)ccc1I)c1ccccc1N. The van der Waals surface area contributed by atoms with Gasteiger partial charge < -0.3 is 10.6 Å². The minimum atomic E-state index is -0.134. The first-order valence-corrected chi connectivity index (χ1v) is 7.04. The average Bonchev–Trinajstić information content (AvgIpc) is 2.40. The van der Waals surface area contributed by atoms with E-state index in [0.29, 0.717) is 22.0 Å². The molecule has 0 bridgehead atoms. The largest absolute Gasteiger partial charge is 0.397 e. The fourth-order valence-electron chi connectivity index (χ4n) is 1.74. The molecule has 0 saturated carbocycles. The Bertz CT molecular complexity index is 631. The van der Waals surface area contributed by atoms with E-state index in [2.05, 4.69) is 22.6 Å². The Labute approximate surface area is 130 Å². The van der Waals surface area contributed by atoms with Gasteiger partial charge in [-0.05, 0) is 52.9 Å². The van der Waals surface area contributed by atoms with Crippen LogP contribution in [0.3, 0.4) is 0 Å². The minimum Gasteiger partial charge on any atom is -0.397 e. The van der Waals surface area contributed by atoms with E-state index in [0.717, 1.165) is 3.57 Å². The Kier molecular flexibility index (Phi) is 4.31. The standard InChI is InChI=1S/C14H12ClIN2O/c1-18(13-5-3-2-4-12(13)17)14(19)10-8-9(15)6-7-11(10)16/h2-8H,17H2,1H3. The maximum absolute atomic E-state index is 12.5. The first-order chi connectivity index (χ1) is 9.00. The second-order valence-corrected chi connectivity index (χ2v) is 5.65. The summed E-state index contributed by atoms with van der Waals surface area (Å²) in [6, 6.07) is 12.5. The Balaban J connectivity index is 2.39. The van der Waals surface area contributed by atoms with Crippen molar-refractivity contribution in [3.8, 4) is 0 Å². The van der Waals surface area contributed by atoms with Gasteiger partial charge >= 0.3 is 0 Å². The molecule has 1 amide bonds. The van der Waals surface area contributed by atoms with Crippen molar-refractivity contribution >= 4 is 51.5 Å². The molecule has 2 rings (SSSR count). The van der Waals surface area contributed by atoms with E-state index in [9.17, 15) is 4.79 Å². The van der Waals surface area contributed by atoms with Crippen molar-refractivity contribution in [2.45, 2.75) is 0 Å². The van der Waals surface area contributed by atoms with Crippen molar-refractivity contribution in [3.63, 3.8) is 0 Å². The van der Waals surface area contributed by atoms with Crippen molar-refractivity contribution in [2.75, 3.05) is 17.7 Å². The molecular formula is C14H12ClIN2O. The quantitative estimate of drug-likeness (QED) is 0.630. The summed E-state index contributed by atoms with van der Waals surface area (Å²) < 4.78 is 0.855. The first-order valence-electron chi connectivity index (χ1n) is 5.58. The maximum Gasteiger partial charge on any atom is 0.259 e. The number of benzene rings is 2. The lowest BCUT2D eigenvalue weighted by Gasteiger charge is -2.20. The molecule has 0 aliphatic rings. The highest BCUT2D eigenvalue weighted by Gasteiger charge is 2.18. The summed E-state index contributed by atoms with van der Waals surface area (Å²) in [6.45, 7) is 0. The van der Waals surface area contributed by atoms with Crippen molar-refractivity contribution in [2.24, 2.45) is 0 Å². The Morgan fingerprint density at radius 1 is 1.26 bits per heavy atom. The van der Waals surface area contributed by atoms with Crippen LogP contribution in [-0.2, 0) is 0 Å². The third-order valence-corrected chi connectivity index (χ3v) is 3.94. The van der Waals surface area contributed by atoms with Crippen LogP contribution in [0.5, 0.6) is 0 Å². The number of amides is 1. The minimum absolute atomic E-state index is 0.134. The molecule has 0 aromatic heterocycles. The molecule has 19 heavy (non-hydrogen) atoms. The van der Waals surface area contributed by atoms with E-state index in [4.69, 9.17) is 17.3 Å². The lowest BCUT2D eigenvalue weighted by molar-refractivity contribution is 0.0992. The first kappa shape index (κ1) is 14.1. The molecule has 3 nitrogen and oxygen atoms in total. The van der Waals surface area contributed by atoms with Crippen molar-refractivity contribution in [1.29, 1.82) is 0 Å². The van der Waals surface area contributed by atoms with E-state index in [1.807, 2.05) is 24.3 Å². The summed E-state index contributed by atoms with van der Waals surface area (Å²) in [5, 5.41) is 0.540. The topological polar surface area (TPSA) is 46.3 Å². The Morgan fingerprint density at radius 2 is 1.95 bits per heavy atom. The van der Waals surface area contributed by atoms with Crippen LogP contribution < -0.4 is 10.6 Å². The Morgan fingerprint density at radius 3 is 2.63 bits per heavy atom. The van der Waals surface area contributed by atoms with Gasteiger partial charge in [-0.1, -0.05) is 23.7 Å². The molecule has 0 aliphatic carbocycles. The predicted octanol–water partition coefficient (Wildman–Crippen LogP) is 3.80. The van der Waals surface area contributed by atoms with Gasteiger partial charge in [0, 0.05) is 15.6 Å². The zero-order valence-electron chi connectivity index (χ0n) is 10.2. The van der Waals surface area contributed by atoms with Gasteiger partial charge in [0.15, 0.2) is 0 Å². The van der Waals surface area contributed by atoms with Crippen LogP contribution in [-0.4, -0.2) is 13.0 Å². The van der Waals surface area contributed by atoms with Gasteiger partial charge in [0.05, 0.1) is 16.9 Å². The molecule has 2 aromatic rings. The fraction of sp³-hybridized carbons (Fsp3) is 0.0714. The van der Waals surface area contributed by atoms with Crippen LogP contribution in [0, 0.1) is 3.57 Å². The number of hydrogen-bond acceptors (Lipinski definition) is 2. The number of nitrogens with two attached hydrogens (primary N) is 1. The van der Waals surface area contributed by atoms with Gasteiger partial charge in [0.25, 0.3) is 5.91 Å². The summed E-state index contributed by atoms with van der Waals surface area (Å²) in [4.78, 5) is 14.0. The van der Waals surface area contributed by atoms with Gasteiger partial charge in [0.2, 0.25) is 0 Å². The lowest BCUT2D eigenvalue weighted by atomic mass is 10.2. The number of nitrogens with zero attached hydrogens (tertiary/aromatic N) is 1. The van der Waals surface area contributed by atoms with Gasteiger partial charge in [-0.2, -0.15) is 0 Å². The maximum atomic E-state index is 12.5. The predicted molar refractivity (Wildman–Crippen MR) is 87.8 cm³/mol. The number of hydrogen-bond donors (Lipinski definition) is 1. The van der Waals surface area contributed by atoms with Crippen LogP contribution in [0.1, 0.15) is 10.4 Å². The third kappa shape index (κ3) is 3.01. The molecule has 0 unspecified atom stereocenters. The molecule has 2 aromatic carbocycles. The number of para-hydroxylation sites is 2. The number of anilines is 2. The molecular weight excluding hydrogens is 375 g/mol. The van der Waals surface area contributed by atoms with Crippen LogP contribution >= 0.6 is 34.2 Å². The summed E-state index contributed by atoms with van der Waals surface area (Å²) in [5.41, 5.74) is 7.70. The summed E-state index contributed by atoms with van der Waals surface area (Å²) in [5.74, 6) is -0.134. The second kappa shape index (κ2) is 5.79. The highest BCUT2D eigenvalue weighted by Crippen LogP contribution is 2.25. The second-order valence-electron chi connectivity index (χ2n) is 4.05. The number of carbonyl (C=O) groups is 1. The van der Waals surface area contributed by atoms with Crippen molar-refractivity contribution in [3.05, 3.63) is 56.6 Å². The van der Waals surface area contributed by atoms with Gasteiger partial charge in [-0.3, -0.25) is 4.79 Å². The van der Waals surface area contributed by atoms with Gasteiger partial charge in [-0.25, -0.2) is 0 Å². The molecule has 0 radical (unpaired) electrons. The molecule has 0 aliphatic heterocycles. The van der Waals surface area contributed by atoms with E-state index in [1.165, 1.54) is 4.90 Å². The normalized spacial score (nSPS) is 10.3. The highest BCUT2D eigenvalue weighted by molar-refractivity contribution is 14.1. The van der Waals surface area contributed by atoms with Gasteiger partial charge in [-0.15, -0.1) is 0 Å². The van der Waals surface area contributed by atoms with E-state index < -0.39 is 0 Å². The zero-order valence-corrected chi connectivity index (χ0v) is 13.1. The van der Waals surface area contributed by atoms with Gasteiger partial charge in [0.1, 0.15) is 0 Å². The molecule has 0 spiro atoms. The molecule has 0 heterocycles. The molecule has 2 N–H and O–H groups in total. The number of nitrogen functional groups attached to an aromatic ring is 1.